The van der Waals surface area contributed by atoms with Crippen LogP contribution >= 0.6 is 0 Å². The van der Waals surface area contributed by atoms with Gasteiger partial charge in [-0.3, -0.25) is 19.4 Å². The van der Waals surface area contributed by atoms with Crippen LogP contribution in [-0.2, 0) is 6.18 Å². The number of aromatic amines is 1. The second kappa shape index (κ2) is 10.5. The van der Waals surface area contributed by atoms with Crippen molar-refractivity contribution in [1.82, 2.24) is 14.8 Å². The summed E-state index contributed by atoms with van der Waals surface area (Å²) in [7, 11) is 1.97. The van der Waals surface area contributed by atoms with Gasteiger partial charge in [0.05, 0.1) is 28.5 Å². The molecule has 13 heteroatoms. The van der Waals surface area contributed by atoms with Crippen LogP contribution in [-0.4, -0.2) is 76.2 Å². The Kier molecular flexibility index (Phi) is 7.35. The molecular weight excluding hydrogens is 546 g/mol. The Morgan fingerprint density at radius 1 is 1.10 bits per heavy atom. The number of halogens is 4. The zero-order valence-corrected chi connectivity index (χ0v) is 22.8. The van der Waals surface area contributed by atoms with Gasteiger partial charge in [-0.15, -0.1) is 0 Å². The fourth-order valence-electron chi connectivity index (χ4n) is 6.18. The molecule has 5 rings (SSSR count). The third-order valence-corrected chi connectivity index (χ3v) is 8.47. The van der Waals surface area contributed by atoms with E-state index in [-0.39, 0.29) is 35.8 Å². The van der Waals surface area contributed by atoms with Crippen molar-refractivity contribution in [2.75, 3.05) is 30.4 Å². The summed E-state index contributed by atoms with van der Waals surface area (Å²) in [5.41, 5.74) is -2.01. The first-order chi connectivity index (χ1) is 19.2. The van der Waals surface area contributed by atoms with Crippen LogP contribution in [0.4, 0.5) is 33.7 Å². The third kappa shape index (κ3) is 5.42. The maximum absolute atomic E-state index is 15.8. The lowest BCUT2D eigenvalue weighted by Crippen LogP contribution is -2.55. The minimum atomic E-state index is -4.96. The number of hydrogen-bond acceptors (Lipinski definition) is 5. The third-order valence-electron chi connectivity index (χ3n) is 8.47. The van der Waals surface area contributed by atoms with E-state index in [2.05, 4.69) is 15.2 Å². The molecule has 1 aromatic carbocycles. The predicted molar refractivity (Wildman–Crippen MR) is 145 cm³/mol. The van der Waals surface area contributed by atoms with Gasteiger partial charge in [0.15, 0.2) is 0 Å². The number of likely N-dealkylation sites (N-methyl/N-ethyl adjacent to an activating group) is 1. The summed E-state index contributed by atoms with van der Waals surface area (Å²) in [5, 5.41) is 12.1. The fourth-order valence-corrected chi connectivity index (χ4v) is 6.18. The van der Waals surface area contributed by atoms with Crippen LogP contribution in [0.25, 0.3) is 5.57 Å². The predicted octanol–water partition coefficient (Wildman–Crippen LogP) is 4.61. The molecule has 3 N–H and O–H groups in total. The monoisotopic (exact) mass is 577 g/mol. The van der Waals surface area contributed by atoms with Crippen molar-refractivity contribution >= 4 is 28.9 Å². The van der Waals surface area contributed by atoms with Gasteiger partial charge in [0, 0.05) is 49.0 Å². The number of aromatic nitrogens is 1. The first kappa shape index (κ1) is 28.7. The molecule has 9 nitrogen and oxygen atoms in total. The van der Waals surface area contributed by atoms with Crippen LogP contribution in [0.3, 0.4) is 0 Å². The minimum absolute atomic E-state index is 0.0692. The molecule has 41 heavy (non-hydrogen) atoms. The molecule has 3 aliphatic rings. The second-order valence-corrected chi connectivity index (χ2v) is 11.1. The summed E-state index contributed by atoms with van der Waals surface area (Å²) in [6.45, 7) is 4.96. The topological polar surface area (TPSA) is 109 Å². The Morgan fingerprint density at radius 3 is 2.39 bits per heavy atom. The second-order valence-electron chi connectivity index (χ2n) is 11.1. The van der Waals surface area contributed by atoms with E-state index in [1.54, 1.807) is 6.08 Å². The molecule has 2 unspecified atom stereocenters. The van der Waals surface area contributed by atoms with E-state index < -0.39 is 46.7 Å². The fraction of sp³-hybridized carbons (Fsp3) is 0.464. The van der Waals surface area contributed by atoms with Gasteiger partial charge in [0.25, 0.3) is 5.91 Å². The average molecular weight is 578 g/mol. The number of nitrogens with zero attached hydrogens (tertiary/aromatic N) is 3. The van der Waals surface area contributed by atoms with Crippen molar-refractivity contribution in [3.05, 3.63) is 63.3 Å². The number of carbonyl (C=O) groups excluding carboxylic acids is 1. The molecule has 2 fully saturated rings. The number of benzene rings is 1. The largest absolute Gasteiger partial charge is 0.465 e. The molecule has 2 saturated heterocycles. The maximum atomic E-state index is 15.8. The number of anilines is 2. The number of alkyl halides is 3. The van der Waals surface area contributed by atoms with E-state index in [0.29, 0.717) is 49.5 Å². The molecule has 0 aliphatic carbocycles. The van der Waals surface area contributed by atoms with Crippen molar-refractivity contribution in [3.8, 4) is 0 Å². The number of nitrogens with one attached hydrogen (secondary N) is 2. The van der Waals surface area contributed by atoms with Gasteiger partial charge in [0.1, 0.15) is 5.82 Å². The lowest BCUT2D eigenvalue weighted by Gasteiger charge is -2.44. The number of pyridine rings is 1. The Balaban J connectivity index is 1.58. The van der Waals surface area contributed by atoms with Crippen molar-refractivity contribution in [2.45, 2.75) is 63.5 Å². The summed E-state index contributed by atoms with van der Waals surface area (Å²) < 4.78 is 56.9. The molecule has 1 aromatic heterocycles. The number of carbonyl (C=O) groups is 2. The standard InChI is InChI=1S/C28H31F4N5O4/c1-14-12-36(13-15(2)35(14)3)24-10-22(29)19(16-6-17-4-5-18(7-16)37(17)27(40)41)8-23(24)34-26(39)20-11-33-25(38)9-21(20)28(30,31)32/h6,8-11,14-15,17-18H,4-5,7,12-13H2,1-3H3,(H,33,38)(H,34,39)(H,40,41)/t14-,15+,17?,18?. The molecule has 220 valence electrons. The average Bonchev–Trinajstić information content (AvgIpc) is 3.17. The zero-order chi connectivity index (χ0) is 29.8. The summed E-state index contributed by atoms with van der Waals surface area (Å²) in [4.78, 5) is 44.1. The number of rotatable bonds is 4. The van der Waals surface area contributed by atoms with Crippen molar-refractivity contribution < 1.29 is 32.3 Å². The van der Waals surface area contributed by atoms with Gasteiger partial charge in [-0.05, 0) is 57.9 Å². The molecule has 4 atom stereocenters. The van der Waals surface area contributed by atoms with Crippen LogP contribution < -0.4 is 15.8 Å². The van der Waals surface area contributed by atoms with Crippen molar-refractivity contribution in [3.63, 3.8) is 0 Å². The summed E-state index contributed by atoms with van der Waals surface area (Å²) in [5.74, 6) is -1.69. The van der Waals surface area contributed by atoms with E-state index in [0.717, 1.165) is 0 Å². The Morgan fingerprint density at radius 2 is 1.78 bits per heavy atom. The van der Waals surface area contributed by atoms with Crippen LogP contribution in [0.15, 0.2) is 35.3 Å². The molecule has 3 aliphatic heterocycles. The van der Waals surface area contributed by atoms with Crippen LogP contribution in [0.2, 0.25) is 0 Å². The lowest BCUT2D eigenvalue weighted by molar-refractivity contribution is -0.138. The van der Waals surface area contributed by atoms with E-state index in [1.807, 2.05) is 25.8 Å². The quantitative estimate of drug-likeness (QED) is 0.458. The molecule has 2 bridgehead atoms. The van der Waals surface area contributed by atoms with Gasteiger partial charge in [0.2, 0.25) is 5.56 Å². The summed E-state index contributed by atoms with van der Waals surface area (Å²) in [6.07, 6.45) is -2.07. The number of hydrogen-bond donors (Lipinski definition) is 3. The van der Waals surface area contributed by atoms with Crippen LogP contribution in [0, 0.1) is 5.82 Å². The molecular formula is C28H31F4N5O4. The highest BCUT2D eigenvalue weighted by molar-refractivity contribution is 6.07. The van der Waals surface area contributed by atoms with Crippen molar-refractivity contribution in [1.29, 1.82) is 0 Å². The highest BCUT2D eigenvalue weighted by Gasteiger charge is 2.41. The minimum Gasteiger partial charge on any atom is -0.465 e. The number of fused-ring (bicyclic) bond motifs is 2. The van der Waals surface area contributed by atoms with E-state index in [1.165, 1.54) is 17.0 Å². The highest BCUT2D eigenvalue weighted by atomic mass is 19.4. The van der Waals surface area contributed by atoms with Gasteiger partial charge in [-0.25, -0.2) is 9.18 Å². The van der Waals surface area contributed by atoms with E-state index in [9.17, 15) is 32.7 Å². The van der Waals surface area contributed by atoms with Crippen LogP contribution in [0.1, 0.15) is 54.6 Å². The van der Waals surface area contributed by atoms with Crippen LogP contribution in [0.5, 0.6) is 0 Å². The van der Waals surface area contributed by atoms with E-state index in [4.69, 9.17) is 0 Å². The lowest BCUT2D eigenvalue weighted by atomic mass is 9.93. The van der Waals surface area contributed by atoms with E-state index >= 15 is 4.39 Å². The first-order valence-corrected chi connectivity index (χ1v) is 13.4. The molecule has 0 spiro atoms. The SMILES string of the molecule is C[C@@H]1CN(c2cc(F)c(C3=CC4CCC(C3)N4C(=O)O)cc2NC(=O)c2c[nH]c(=O)cc2C(F)(F)F)C[C@H](C)N1C. The smallest absolute Gasteiger partial charge is 0.417 e. The highest BCUT2D eigenvalue weighted by Crippen LogP contribution is 2.42. The Hall–Kier alpha value is -3.87. The molecule has 0 radical (unpaired) electrons. The van der Waals surface area contributed by atoms with Gasteiger partial charge in [-0.2, -0.15) is 13.2 Å². The number of piperazine rings is 1. The normalized spacial score (nSPS) is 24.8. The van der Waals surface area contributed by atoms with Gasteiger partial charge >= 0.3 is 12.3 Å². The number of amides is 2. The van der Waals surface area contributed by atoms with Crippen molar-refractivity contribution in [2.24, 2.45) is 0 Å². The molecule has 4 heterocycles. The molecule has 0 saturated carbocycles. The molecule has 2 aromatic rings. The molecule has 2 amide bonds. The zero-order valence-electron chi connectivity index (χ0n) is 22.8. The number of H-pyrrole nitrogens is 1. The number of carboxylic acid groups (broad SMARTS) is 1. The summed E-state index contributed by atoms with van der Waals surface area (Å²) >= 11 is 0. The van der Waals surface area contributed by atoms with Gasteiger partial charge < -0.3 is 20.3 Å². The maximum Gasteiger partial charge on any atom is 0.417 e. The van der Waals surface area contributed by atoms with Gasteiger partial charge in [-0.1, -0.05) is 6.08 Å². The Bertz CT molecular complexity index is 1460. The Labute approximate surface area is 233 Å². The summed E-state index contributed by atoms with van der Waals surface area (Å²) in [6, 6.07) is 2.43. The first-order valence-electron chi connectivity index (χ1n) is 13.4.